The van der Waals surface area contributed by atoms with Crippen LogP contribution in [0.4, 0.5) is 0 Å². The number of likely N-dealkylation sites (tertiary alicyclic amines) is 1. The molecule has 5 nitrogen and oxygen atoms in total. The Balaban J connectivity index is 1.94. The summed E-state index contributed by atoms with van der Waals surface area (Å²) < 4.78 is 25.1. The van der Waals surface area contributed by atoms with Crippen LogP contribution >= 0.6 is 0 Å². The second-order valence-electron chi connectivity index (χ2n) is 7.00. The van der Waals surface area contributed by atoms with Crippen molar-refractivity contribution < 1.29 is 13.5 Å². The van der Waals surface area contributed by atoms with Gasteiger partial charge in [0.2, 0.25) is 10.0 Å². The topological polar surface area (TPSA) is 69.6 Å². The first-order chi connectivity index (χ1) is 10.7. The van der Waals surface area contributed by atoms with Crippen molar-refractivity contribution in [1.29, 1.82) is 0 Å². The van der Waals surface area contributed by atoms with Gasteiger partial charge in [0.1, 0.15) is 0 Å². The Kier molecular flexibility index (Phi) is 5.84. The molecule has 23 heavy (non-hydrogen) atoms. The van der Waals surface area contributed by atoms with Gasteiger partial charge in [0.25, 0.3) is 0 Å². The maximum atomic E-state index is 11.2. The third-order valence-electron chi connectivity index (χ3n) is 4.44. The number of nitrogens with zero attached hydrogens (tertiary/aromatic N) is 1. The molecule has 0 aromatic heterocycles. The molecule has 0 radical (unpaired) electrons. The Hall–Kier alpha value is -0.950. The van der Waals surface area contributed by atoms with Crippen molar-refractivity contribution in [2.45, 2.75) is 32.3 Å². The van der Waals surface area contributed by atoms with E-state index < -0.39 is 15.6 Å². The molecule has 2 rings (SSSR count). The van der Waals surface area contributed by atoms with Crippen LogP contribution in [0.3, 0.4) is 0 Å². The average Bonchev–Trinajstić information content (AvgIpc) is 2.45. The molecular weight excluding hydrogens is 312 g/mol. The van der Waals surface area contributed by atoms with E-state index in [1.54, 1.807) is 0 Å². The fraction of sp³-hybridized carbons (Fsp3) is 0.647. The van der Waals surface area contributed by atoms with Gasteiger partial charge < -0.3 is 5.11 Å². The lowest BCUT2D eigenvalue weighted by atomic mass is 9.92. The summed E-state index contributed by atoms with van der Waals surface area (Å²) in [4.78, 5) is 2.23. The molecule has 0 unspecified atom stereocenters. The summed E-state index contributed by atoms with van der Waals surface area (Å²) in [7, 11) is -3.14. The maximum Gasteiger partial charge on any atom is 0.208 e. The van der Waals surface area contributed by atoms with Gasteiger partial charge in [0.05, 0.1) is 11.9 Å². The molecule has 130 valence electrons. The van der Waals surface area contributed by atoms with Crippen LogP contribution in [0.5, 0.6) is 0 Å². The molecule has 1 aromatic rings. The third-order valence-corrected chi connectivity index (χ3v) is 5.13. The average molecular weight is 340 g/mol. The predicted molar refractivity (Wildman–Crippen MR) is 92.8 cm³/mol. The van der Waals surface area contributed by atoms with Gasteiger partial charge in [-0.05, 0) is 44.7 Å². The monoisotopic (exact) mass is 340 g/mol. The van der Waals surface area contributed by atoms with Crippen LogP contribution < -0.4 is 4.72 Å². The quantitative estimate of drug-likeness (QED) is 0.823. The zero-order valence-electron chi connectivity index (χ0n) is 14.2. The summed E-state index contributed by atoms with van der Waals surface area (Å²) >= 11 is 0. The van der Waals surface area contributed by atoms with Crippen LogP contribution in [0, 0.1) is 12.8 Å². The van der Waals surface area contributed by atoms with E-state index in [0.717, 1.165) is 31.5 Å². The molecule has 1 saturated heterocycles. The van der Waals surface area contributed by atoms with Crippen LogP contribution in [0.25, 0.3) is 0 Å². The van der Waals surface area contributed by atoms with Crippen LogP contribution in [0.1, 0.15) is 30.9 Å². The molecule has 0 bridgehead atoms. The first-order valence-corrected chi connectivity index (χ1v) is 10.0. The highest BCUT2D eigenvalue weighted by Crippen LogP contribution is 2.25. The summed E-state index contributed by atoms with van der Waals surface area (Å²) in [5.41, 5.74) is 1.19. The van der Waals surface area contributed by atoms with Gasteiger partial charge in [-0.25, -0.2) is 13.1 Å². The molecule has 2 N–H and O–H groups in total. The van der Waals surface area contributed by atoms with Crippen molar-refractivity contribution in [3.63, 3.8) is 0 Å². The molecule has 0 aliphatic carbocycles. The molecule has 1 heterocycles. The Bertz CT molecular complexity index is 611. The SMILES string of the molecule is Cc1ccc([C@@](C)(O)CN2CCC[C@H](CNS(C)(=O)=O)C2)cc1. The Labute approximate surface area is 139 Å². The largest absolute Gasteiger partial charge is 0.384 e. The second kappa shape index (κ2) is 7.30. The summed E-state index contributed by atoms with van der Waals surface area (Å²) in [6.45, 7) is 6.66. The van der Waals surface area contributed by atoms with Gasteiger partial charge in [-0.15, -0.1) is 0 Å². The van der Waals surface area contributed by atoms with Crippen molar-refractivity contribution in [2.24, 2.45) is 5.92 Å². The number of rotatable bonds is 6. The summed E-state index contributed by atoms with van der Waals surface area (Å²) in [6.07, 6.45) is 3.24. The molecule has 1 aliphatic heterocycles. The first-order valence-electron chi connectivity index (χ1n) is 8.12. The fourth-order valence-electron chi connectivity index (χ4n) is 3.17. The van der Waals surface area contributed by atoms with Crippen molar-refractivity contribution >= 4 is 10.0 Å². The molecular formula is C17H28N2O3S. The van der Waals surface area contributed by atoms with Gasteiger partial charge in [-0.1, -0.05) is 29.8 Å². The summed E-state index contributed by atoms with van der Waals surface area (Å²) in [5, 5.41) is 10.8. The van der Waals surface area contributed by atoms with Gasteiger partial charge in [0, 0.05) is 19.6 Å². The zero-order chi connectivity index (χ0) is 17.1. The smallest absolute Gasteiger partial charge is 0.208 e. The maximum absolute atomic E-state index is 11.2. The molecule has 2 atom stereocenters. The zero-order valence-corrected chi connectivity index (χ0v) is 15.1. The van der Waals surface area contributed by atoms with E-state index in [1.165, 1.54) is 11.8 Å². The minimum atomic E-state index is -3.14. The van der Waals surface area contributed by atoms with Gasteiger partial charge in [-0.3, -0.25) is 4.90 Å². The van der Waals surface area contributed by atoms with Crippen LogP contribution in [0.15, 0.2) is 24.3 Å². The number of aryl methyl sites for hydroxylation is 1. The van der Waals surface area contributed by atoms with E-state index in [1.807, 2.05) is 38.1 Å². The Morgan fingerprint density at radius 2 is 2.00 bits per heavy atom. The second-order valence-corrected chi connectivity index (χ2v) is 8.84. The summed E-state index contributed by atoms with van der Waals surface area (Å²) in [6, 6.07) is 7.97. The lowest BCUT2D eigenvalue weighted by Crippen LogP contribution is -2.46. The molecule has 0 amide bonds. The number of nitrogens with one attached hydrogen (secondary N) is 1. The summed E-state index contributed by atoms with van der Waals surface area (Å²) in [5.74, 6) is 0.298. The minimum Gasteiger partial charge on any atom is -0.384 e. The number of sulfonamides is 1. The van der Waals surface area contributed by atoms with E-state index >= 15 is 0 Å². The number of hydrogen-bond donors (Lipinski definition) is 2. The molecule has 1 aromatic carbocycles. The molecule has 0 saturated carbocycles. The highest BCUT2D eigenvalue weighted by atomic mass is 32.2. The highest BCUT2D eigenvalue weighted by molar-refractivity contribution is 7.88. The van der Waals surface area contributed by atoms with Crippen molar-refractivity contribution in [2.75, 3.05) is 32.4 Å². The lowest BCUT2D eigenvalue weighted by Gasteiger charge is -2.37. The van der Waals surface area contributed by atoms with Gasteiger partial charge >= 0.3 is 0 Å². The molecule has 0 spiro atoms. The van der Waals surface area contributed by atoms with Gasteiger partial charge in [-0.2, -0.15) is 0 Å². The van der Waals surface area contributed by atoms with Crippen molar-refractivity contribution in [3.05, 3.63) is 35.4 Å². The van der Waals surface area contributed by atoms with E-state index in [2.05, 4.69) is 9.62 Å². The Morgan fingerprint density at radius 1 is 1.35 bits per heavy atom. The number of β-amino-alcohol motifs (C(OH)–C–C–N with tert-alkyl or cyclic N) is 1. The highest BCUT2D eigenvalue weighted by Gasteiger charge is 2.29. The Morgan fingerprint density at radius 3 is 2.61 bits per heavy atom. The van der Waals surface area contributed by atoms with E-state index in [0.29, 0.717) is 19.0 Å². The van der Waals surface area contributed by atoms with E-state index in [9.17, 15) is 13.5 Å². The normalized spacial score (nSPS) is 22.7. The molecule has 1 aliphatic rings. The fourth-order valence-corrected chi connectivity index (χ4v) is 3.71. The van der Waals surface area contributed by atoms with Crippen LogP contribution in [-0.4, -0.2) is 50.9 Å². The van der Waals surface area contributed by atoms with Crippen molar-refractivity contribution in [3.8, 4) is 0 Å². The van der Waals surface area contributed by atoms with Gasteiger partial charge in [0.15, 0.2) is 0 Å². The minimum absolute atomic E-state index is 0.298. The number of aliphatic hydroxyl groups is 1. The van der Waals surface area contributed by atoms with Crippen molar-refractivity contribution in [1.82, 2.24) is 9.62 Å². The van der Waals surface area contributed by atoms with E-state index in [4.69, 9.17) is 0 Å². The number of hydrogen-bond acceptors (Lipinski definition) is 4. The third kappa shape index (κ3) is 5.88. The predicted octanol–water partition coefficient (Wildman–Crippen LogP) is 1.46. The lowest BCUT2D eigenvalue weighted by molar-refractivity contribution is 0.00358. The first kappa shape index (κ1) is 18.4. The van der Waals surface area contributed by atoms with Crippen LogP contribution in [-0.2, 0) is 15.6 Å². The van der Waals surface area contributed by atoms with E-state index in [-0.39, 0.29) is 0 Å². The molecule has 6 heteroatoms. The van der Waals surface area contributed by atoms with Crippen LogP contribution in [0.2, 0.25) is 0 Å². The molecule has 1 fully saturated rings. The standard InChI is InChI=1S/C17H28N2O3S/c1-14-6-8-16(9-7-14)17(2,20)13-19-10-4-5-15(12-19)11-18-23(3,21)22/h6-9,15,18,20H,4-5,10-13H2,1-3H3/t15-,17+/m1/s1. The number of piperidine rings is 1. The number of benzene rings is 1.